The summed E-state index contributed by atoms with van der Waals surface area (Å²) in [5.41, 5.74) is 2.58. The van der Waals surface area contributed by atoms with Gasteiger partial charge in [-0.3, -0.25) is 9.69 Å². The topological polar surface area (TPSA) is 76.1 Å². The average molecular weight is 444 g/mol. The predicted octanol–water partition coefficient (Wildman–Crippen LogP) is 4.52. The molecule has 3 rings (SSSR count). The van der Waals surface area contributed by atoms with Crippen molar-refractivity contribution in [1.82, 2.24) is 0 Å². The van der Waals surface area contributed by atoms with E-state index < -0.39 is 12.6 Å². The number of benzene rings is 2. The molecule has 1 aliphatic heterocycles. The first-order valence-electron chi connectivity index (χ1n) is 9.41. The molecule has 1 amide bonds. The van der Waals surface area contributed by atoms with E-state index in [4.69, 9.17) is 26.8 Å². The minimum absolute atomic E-state index is 0.171. The number of nitrogens with zero attached hydrogens (tertiary/aromatic N) is 1. The molecule has 2 aromatic rings. The normalized spacial score (nSPS) is 15.0. The molecule has 0 radical (unpaired) electrons. The minimum atomic E-state index is -1.07. The zero-order valence-corrected chi connectivity index (χ0v) is 18.2. The third-order valence-electron chi connectivity index (χ3n) is 4.32. The third kappa shape index (κ3) is 4.83. The number of ether oxygens (including phenoxy) is 2. The number of anilines is 1. The van der Waals surface area contributed by atoms with Crippen molar-refractivity contribution < 1.29 is 24.2 Å². The second-order valence-electron chi connectivity index (χ2n) is 6.32. The molecule has 0 unspecified atom stereocenters. The molecule has 0 saturated carbocycles. The number of hydrogen-bond acceptors (Lipinski definition) is 6. The second kappa shape index (κ2) is 9.77. The molecule has 156 valence electrons. The first kappa shape index (κ1) is 21.9. The van der Waals surface area contributed by atoms with Crippen LogP contribution in [0.5, 0.6) is 11.5 Å². The van der Waals surface area contributed by atoms with Crippen molar-refractivity contribution in [2.24, 2.45) is 0 Å². The summed E-state index contributed by atoms with van der Waals surface area (Å²) in [6.45, 7) is 3.79. The van der Waals surface area contributed by atoms with E-state index >= 15 is 0 Å². The lowest BCUT2D eigenvalue weighted by Crippen LogP contribution is -2.28. The summed E-state index contributed by atoms with van der Waals surface area (Å²) < 4.78 is 11.3. The molecule has 0 aliphatic carbocycles. The molecule has 2 aromatic carbocycles. The SMILES string of the molecule is CCOc1cc(/C=C2/SC(=S)N(c3ccccc3CC)C2=O)ccc1OCC(=O)O. The van der Waals surface area contributed by atoms with Gasteiger partial charge in [0.2, 0.25) is 0 Å². The minimum Gasteiger partial charge on any atom is -0.490 e. The lowest BCUT2D eigenvalue weighted by molar-refractivity contribution is -0.139. The highest BCUT2D eigenvalue weighted by Crippen LogP contribution is 2.38. The number of para-hydroxylation sites is 1. The maximum atomic E-state index is 13.1. The van der Waals surface area contributed by atoms with Crippen LogP contribution in [0.2, 0.25) is 0 Å². The fourth-order valence-electron chi connectivity index (χ4n) is 3.00. The Hall–Kier alpha value is -2.84. The van der Waals surface area contributed by atoms with Crippen LogP contribution in [0.15, 0.2) is 47.4 Å². The van der Waals surface area contributed by atoms with Crippen LogP contribution in [0.25, 0.3) is 6.08 Å². The number of aliphatic carboxylic acids is 1. The van der Waals surface area contributed by atoms with Crippen LogP contribution in [-0.4, -0.2) is 34.5 Å². The number of carbonyl (C=O) groups excluding carboxylic acids is 1. The Balaban J connectivity index is 1.89. The zero-order valence-electron chi connectivity index (χ0n) is 16.6. The largest absolute Gasteiger partial charge is 0.490 e. The molecule has 1 fully saturated rings. The Bertz CT molecular complexity index is 1020. The lowest BCUT2D eigenvalue weighted by atomic mass is 10.1. The van der Waals surface area contributed by atoms with E-state index in [0.29, 0.717) is 27.3 Å². The van der Waals surface area contributed by atoms with Crippen molar-refractivity contribution in [2.75, 3.05) is 18.1 Å². The third-order valence-corrected chi connectivity index (χ3v) is 5.63. The van der Waals surface area contributed by atoms with Gasteiger partial charge in [0.15, 0.2) is 22.4 Å². The van der Waals surface area contributed by atoms with Gasteiger partial charge in [-0.25, -0.2) is 4.79 Å². The van der Waals surface area contributed by atoms with Crippen molar-refractivity contribution in [3.8, 4) is 11.5 Å². The highest BCUT2D eigenvalue weighted by atomic mass is 32.2. The highest BCUT2D eigenvalue weighted by molar-refractivity contribution is 8.27. The van der Waals surface area contributed by atoms with E-state index in [-0.39, 0.29) is 5.91 Å². The van der Waals surface area contributed by atoms with Crippen molar-refractivity contribution >= 4 is 51.9 Å². The summed E-state index contributed by atoms with van der Waals surface area (Å²) in [4.78, 5) is 25.9. The van der Waals surface area contributed by atoms with Gasteiger partial charge in [-0.15, -0.1) is 0 Å². The molecule has 1 aliphatic rings. The van der Waals surface area contributed by atoms with E-state index in [1.807, 2.05) is 38.1 Å². The summed E-state index contributed by atoms with van der Waals surface area (Å²) in [6, 6.07) is 12.8. The van der Waals surface area contributed by atoms with Gasteiger partial charge in [0.05, 0.1) is 17.2 Å². The molecule has 0 bridgehead atoms. The maximum absolute atomic E-state index is 13.1. The second-order valence-corrected chi connectivity index (χ2v) is 8.00. The number of hydrogen-bond donors (Lipinski definition) is 1. The highest BCUT2D eigenvalue weighted by Gasteiger charge is 2.34. The van der Waals surface area contributed by atoms with Gasteiger partial charge in [-0.05, 0) is 48.7 Å². The smallest absolute Gasteiger partial charge is 0.341 e. The van der Waals surface area contributed by atoms with E-state index in [1.165, 1.54) is 11.8 Å². The van der Waals surface area contributed by atoms with Crippen molar-refractivity contribution in [3.05, 3.63) is 58.5 Å². The lowest BCUT2D eigenvalue weighted by Gasteiger charge is -2.18. The summed E-state index contributed by atoms with van der Waals surface area (Å²) in [5.74, 6) is -0.493. The molecule has 1 heterocycles. The van der Waals surface area contributed by atoms with Crippen molar-refractivity contribution in [1.29, 1.82) is 0 Å². The van der Waals surface area contributed by atoms with Crippen LogP contribution in [0.4, 0.5) is 5.69 Å². The van der Waals surface area contributed by atoms with Gasteiger partial charge in [0.25, 0.3) is 5.91 Å². The number of thiocarbonyl (C=S) groups is 1. The fourth-order valence-corrected chi connectivity index (χ4v) is 4.28. The Morgan fingerprint density at radius 3 is 2.63 bits per heavy atom. The fraction of sp³-hybridized carbons (Fsp3) is 0.227. The maximum Gasteiger partial charge on any atom is 0.341 e. The van der Waals surface area contributed by atoms with Gasteiger partial charge in [-0.2, -0.15) is 0 Å². The molecule has 1 N–H and O–H groups in total. The first-order chi connectivity index (χ1) is 14.4. The van der Waals surface area contributed by atoms with Crippen LogP contribution in [0.1, 0.15) is 25.0 Å². The average Bonchev–Trinajstić information content (AvgIpc) is 3.00. The zero-order chi connectivity index (χ0) is 21.7. The molecule has 6 nitrogen and oxygen atoms in total. The Labute approximate surface area is 184 Å². The van der Waals surface area contributed by atoms with Gasteiger partial charge < -0.3 is 14.6 Å². The van der Waals surface area contributed by atoms with Gasteiger partial charge >= 0.3 is 5.97 Å². The van der Waals surface area contributed by atoms with Gasteiger partial charge in [0.1, 0.15) is 0 Å². The number of thioether (sulfide) groups is 1. The summed E-state index contributed by atoms with van der Waals surface area (Å²) in [7, 11) is 0. The molecular weight excluding hydrogens is 422 g/mol. The summed E-state index contributed by atoms with van der Waals surface area (Å²) >= 11 is 6.72. The monoisotopic (exact) mass is 443 g/mol. The predicted molar refractivity (Wildman–Crippen MR) is 122 cm³/mol. The number of carbonyl (C=O) groups is 2. The number of aryl methyl sites for hydroxylation is 1. The van der Waals surface area contributed by atoms with Crippen molar-refractivity contribution in [2.45, 2.75) is 20.3 Å². The Morgan fingerprint density at radius 2 is 1.93 bits per heavy atom. The molecule has 0 spiro atoms. The summed E-state index contributed by atoms with van der Waals surface area (Å²) in [5, 5.41) is 8.82. The van der Waals surface area contributed by atoms with Crippen LogP contribution in [0, 0.1) is 0 Å². The number of rotatable bonds is 8. The molecule has 30 heavy (non-hydrogen) atoms. The number of carboxylic acid groups (broad SMARTS) is 1. The summed E-state index contributed by atoms with van der Waals surface area (Å²) in [6.07, 6.45) is 2.54. The first-order valence-corrected chi connectivity index (χ1v) is 10.6. The molecule has 1 saturated heterocycles. The van der Waals surface area contributed by atoms with Crippen LogP contribution >= 0.6 is 24.0 Å². The molecule has 0 atom stereocenters. The van der Waals surface area contributed by atoms with Crippen molar-refractivity contribution in [3.63, 3.8) is 0 Å². The van der Waals surface area contributed by atoms with Gasteiger partial charge in [-0.1, -0.05) is 55.2 Å². The van der Waals surface area contributed by atoms with Crippen LogP contribution in [-0.2, 0) is 16.0 Å². The quantitative estimate of drug-likeness (QED) is 0.475. The standard InChI is InChI=1S/C22H21NO5S2/c1-3-15-7-5-6-8-16(15)23-21(26)19(30-22(23)29)12-14-9-10-17(28-13-20(24)25)18(11-14)27-4-2/h5-12H,3-4,13H2,1-2H3,(H,24,25)/b19-12+. The van der Waals surface area contributed by atoms with Crippen LogP contribution < -0.4 is 14.4 Å². The number of amides is 1. The van der Waals surface area contributed by atoms with E-state index in [9.17, 15) is 9.59 Å². The molecular formula is C22H21NO5S2. The van der Waals surface area contributed by atoms with Crippen LogP contribution in [0.3, 0.4) is 0 Å². The van der Waals surface area contributed by atoms with Gasteiger partial charge in [0, 0.05) is 0 Å². The number of carboxylic acids is 1. The molecule has 8 heteroatoms. The van der Waals surface area contributed by atoms with E-state index in [0.717, 1.165) is 23.2 Å². The molecule has 0 aromatic heterocycles. The Morgan fingerprint density at radius 1 is 1.17 bits per heavy atom. The van der Waals surface area contributed by atoms with E-state index in [2.05, 4.69) is 0 Å². The van der Waals surface area contributed by atoms with E-state index in [1.54, 1.807) is 29.2 Å². The Kier molecular flexibility index (Phi) is 7.12.